The van der Waals surface area contributed by atoms with Crippen LogP contribution in [0, 0.1) is 5.92 Å². The molecule has 2 N–H and O–H groups in total. The van der Waals surface area contributed by atoms with E-state index in [-0.39, 0.29) is 11.8 Å². The van der Waals surface area contributed by atoms with Gasteiger partial charge in [-0.1, -0.05) is 5.16 Å². The molecular formula is C16H24N4O3. The molecule has 1 aromatic heterocycles. The predicted molar refractivity (Wildman–Crippen MR) is 81.4 cm³/mol. The lowest BCUT2D eigenvalue weighted by Gasteiger charge is -2.32. The summed E-state index contributed by atoms with van der Waals surface area (Å²) in [6.07, 6.45) is 5.21. The van der Waals surface area contributed by atoms with Crippen LogP contribution >= 0.6 is 0 Å². The molecule has 0 bridgehead atoms. The lowest BCUT2D eigenvalue weighted by atomic mass is 9.90. The monoisotopic (exact) mass is 320 g/mol. The first-order valence-corrected chi connectivity index (χ1v) is 8.72. The number of hydrogen-bond donors (Lipinski definition) is 2. The Morgan fingerprint density at radius 3 is 2.65 bits per heavy atom. The van der Waals surface area contributed by atoms with Crippen molar-refractivity contribution in [3.8, 4) is 0 Å². The van der Waals surface area contributed by atoms with E-state index in [0.29, 0.717) is 24.4 Å². The molecule has 2 aliphatic carbocycles. The van der Waals surface area contributed by atoms with Crippen LogP contribution in [0.1, 0.15) is 56.2 Å². The van der Waals surface area contributed by atoms with Gasteiger partial charge in [0.1, 0.15) is 6.10 Å². The van der Waals surface area contributed by atoms with Gasteiger partial charge in [-0.15, -0.1) is 0 Å². The van der Waals surface area contributed by atoms with Gasteiger partial charge in [0.05, 0.1) is 6.54 Å². The summed E-state index contributed by atoms with van der Waals surface area (Å²) in [5.74, 6) is 1.89. The fourth-order valence-electron chi connectivity index (χ4n) is 3.19. The number of nitrogens with one attached hydrogen (secondary N) is 1. The number of aliphatic hydroxyl groups is 1. The Morgan fingerprint density at radius 2 is 2.00 bits per heavy atom. The molecule has 126 valence electrons. The first-order chi connectivity index (χ1) is 11.2. The highest BCUT2D eigenvalue weighted by Gasteiger charge is 2.33. The van der Waals surface area contributed by atoms with Crippen molar-refractivity contribution in [2.24, 2.45) is 5.92 Å². The zero-order chi connectivity index (χ0) is 15.8. The van der Waals surface area contributed by atoms with Crippen LogP contribution in [0.2, 0.25) is 0 Å². The van der Waals surface area contributed by atoms with Crippen LogP contribution in [0.25, 0.3) is 0 Å². The zero-order valence-corrected chi connectivity index (χ0v) is 13.3. The number of piperidine rings is 1. The molecule has 1 atom stereocenters. The summed E-state index contributed by atoms with van der Waals surface area (Å²) in [4.78, 5) is 18.6. The molecule has 2 heterocycles. The summed E-state index contributed by atoms with van der Waals surface area (Å²) in [5.41, 5.74) is 0. The van der Waals surface area contributed by atoms with Crippen molar-refractivity contribution in [3.63, 3.8) is 0 Å². The minimum absolute atomic E-state index is 0.0507. The number of carbonyl (C=O) groups excluding carboxylic acids is 1. The van der Waals surface area contributed by atoms with Crippen LogP contribution in [0.15, 0.2) is 4.52 Å². The standard InChI is InChI=1S/C16H24N4O3/c21-14(16(22)17-12-3-4-12)10-5-7-20(8-6-10)9-13-18-15(19-23-13)11-1-2-11/h10-12,14,21H,1-9H2,(H,17,22). The van der Waals surface area contributed by atoms with E-state index in [4.69, 9.17) is 4.52 Å². The minimum atomic E-state index is -0.873. The van der Waals surface area contributed by atoms with E-state index in [1.54, 1.807) is 0 Å². The van der Waals surface area contributed by atoms with Gasteiger partial charge in [0, 0.05) is 12.0 Å². The van der Waals surface area contributed by atoms with E-state index in [0.717, 1.165) is 44.6 Å². The Labute approximate surface area is 135 Å². The first kappa shape index (κ1) is 15.1. The van der Waals surface area contributed by atoms with Crippen molar-refractivity contribution in [3.05, 3.63) is 11.7 Å². The predicted octanol–water partition coefficient (Wildman–Crippen LogP) is 0.798. The van der Waals surface area contributed by atoms with E-state index < -0.39 is 6.10 Å². The lowest BCUT2D eigenvalue weighted by molar-refractivity contribution is -0.133. The van der Waals surface area contributed by atoms with Crippen molar-refractivity contribution in [1.82, 2.24) is 20.4 Å². The molecule has 1 unspecified atom stereocenters. The Hall–Kier alpha value is -1.47. The Balaban J connectivity index is 1.24. The molecule has 2 saturated carbocycles. The third-order valence-electron chi connectivity index (χ3n) is 5.06. The van der Waals surface area contributed by atoms with E-state index in [2.05, 4.69) is 20.4 Å². The van der Waals surface area contributed by atoms with Crippen LogP contribution in [0.5, 0.6) is 0 Å². The molecule has 0 radical (unpaired) electrons. The third kappa shape index (κ3) is 3.72. The highest BCUT2D eigenvalue weighted by molar-refractivity contribution is 5.81. The van der Waals surface area contributed by atoms with Crippen molar-refractivity contribution in [2.45, 2.75) is 63.1 Å². The zero-order valence-electron chi connectivity index (χ0n) is 13.3. The Kier molecular flexibility index (Phi) is 4.07. The number of carbonyl (C=O) groups is 1. The van der Waals surface area contributed by atoms with Gasteiger partial charge in [-0.2, -0.15) is 4.98 Å². The number of aliphatic hydroxyl groups excluding tert-OH is 1. The van der Waals surface area contributed by atoms with Gasteiger partial charge < -0.3 is 14.9 Å². The lowest BCUT2D eigenvalue weighted by Crippen LogP contribution is -2.44. The Morgan fingerprint density at radius 1 is 1.26 bits per heavy atom. The summed E-state index contributed by atoms with van der Waals surface area (Å²) in [6, 6.07) is 0.301. The molecule has 1 aromatic rings. The smallest absolute Gasteiger partial charge is 0.249 e. The van der Waals surface area contributed by atoms with Crippen LogP contribution in [-0.2, 0) is 11.3 Å². The average Bonchev–Trinajstić information content (AvgIpc) is 3.49. The maximum absolute atomic E-state index is 11.9. The summed E-state index contributed by atoms with van der Waals surface area (Å²) in [6.45, 7) is 2.36. The molecule has 7 nitrogen and oxygen atoms in total. The van der Waals surface area contributed by atoms with E-state index in [1.807, 2.05) is 0 Å². The second kappa shape index (κ2) is 6.20. The van der Waals surface area contributed by atoms with Crippen LogP contribution in [0.4, 0.5) is 0 Å². The van der Waals surface area contributed by atoms with Gasteiger partial charge in [-0.25, -0.2) is 0 Å². The molecular weight excluding hydrogens is 296 g/mol. The van der Waals surface area contributed by atoms with Gasteiger partial charge in [0.2, 0.25) is 11.8 Å². The average molecular weight is 320 g/mol. The molecule has 1 amide bonds. The maximum Gasteiger partial charge on any atom is 0.249 e. The Bertz CT molecular complexity index is 559. The maximum atomic E-state index is 11.9. The fourth-order valence-corrected chi connectivity index (χ4v) is 3.19. The number of amides is 1. The summed E-state index contributed by atoms with van der Waals surface area (Å²) >= 11 is 0. The van der Waals surface area contributed by atoms with Gasteiger partial charge in [0.25, 0.3) is 0 Å². The fraction of sp³-hybridized carbons (Fsp3) is 0.812. The quantitative estimate of drug-likeness (QED) is 0.805. The third-order valence-corrected chi connectivity index (χ3v) is 5.06. The highest BCUT2D eigenvalue weighted by atomic mass is 16.5. The van der Waals surface area contributed by atoms with Crippen molar-refractivity contribution >= 4 is 5.91 Å². The van der Waals surface area contributed by atoms with E-state index in [9.17, 15) is 9.90 Å². The van der Waals surface area contributed by atoms with Gasteiger partial charge in [0.15, 0.2) is 5.82 Å². The molecule has 0 aromatic carbocycles. The molecule has 23 heavy (non-hydrogen) atoms. The normalized spacial score (nSPS) is 24.6. The number of rotatable bonds is 6. The van der Waals surface area contributed by atoms with Crippen LogP contribution < -0.4 is 5.32 Å². The summed E-state index contributed by atoms with van der Waals surface area (Å²) in [5, 5.41) is 17.1. The SMILES string of the molecule is O=C(NC1CC1)C(O)C1CCN(Cc2nc(C3CC3)no2)CC1. The second-order valence-corrected chi connectivity index (χ2v) is 7.16. The molecule has 7 heteroatoms. The topological polar surface area (TPSA) is 91.5 Å². The van der Waals surface area contributed by atoms with Gasteiger partial charge in [-0.05, 0) is 57.5 Å². The second-order valence-electron chi connectivity index (χ2n) is 7.16. The number of aromatic nitrogens is 2. The molecule has 3 aliphatic rings. The minimum Gasteiger partial charge on any atom is -0.383 e. The number of hydrogen-bond acceptors (Lipinski definition) is 6. The number of nitrogens with zero attached hydrogens (tertiary/aromatic N) is 3. The molecule has 4 rings (SSSR count). The van der Waals surface area contributed by atoms with Gasteiger partial charge >= 0.3 is 0 Å². The van der Waals surface area contributed by atoms with Crippen molar-refractivity contribution < 1.29 is 14.4 Å². The molecule has 1 saturated heterocycles. The van der Waals surface area contributed by atoms with E-state index in [1.165, 1.54) is 12.8 Å². The number of likely N-dealkylation sites (tertiary alicyclic amines) is 1. The summed E-state index contributed by atoms with van der Waals surface area (Å²) < 4.78 is 5.32. The summed E-state index contributed by atoms with van der Waals surface area (Å²) in [7, 11) is 0. The van der Waals surface area contributed by atoms with Gasteiger partial charge in [-0.3, -0.25) is 9.69 Å². The van der Waals surface area contributed by atoms with Crippen LogP contribution in [0.3, 0.4) is 0 Å². The largest absolute Gasteiger partial charge is 0.383 e. The van der Waals surface area contributed by atoms with Crippen molar-refractivity contribution in [2.75, 3.05) is 13.1 Å². The van der Waals surface area contributed by atoms with Crippen molar-refractivity contribution in [1.29, 1.82) is 0 Å². The van der Waals surface area contributed by atoms with E-state index >= 15 is 0 Å². The highest BCUT2D eigenvalue weighted by Crippen LogP contribution is 2.38. The van der Waals surface area contributed by atoms with Crippen LogP contribution in [-0.4, -0.2) is 51.3 Å². The molecule has 3 fully saturated rings. The molecule has 0 spiro atoms. The first-order valence-electron chi connectivity index (χ1n) is 8.72. The molecule has 1 aliphatic heterocycles.